The number of amides is 3. The first kappa shape index (κ1) is 23.2. The normalized spacial score (nSPS) is 19.9. The van der Waals surface area contributed by atoms with Gasteiger partial charge in [-0.25, -0.2) is 4.79 Å². The maximum absolute atomic E-state index is 12.9. The molecule has 11 heteroatoms. The number of carboxylic acids is 1. The zero-order valence-electron chi connectivity index (χ0n) is 15.5. The van der Waals surface area contributed by atoms with Crippen molar-refractivity contribution in [2.24, 2.45) is 5.73 Å². The number of nitrogens with one attached hydrogen (secondary N) is 2. The average Bonchev–Trinajstić information content (AvgIpc) is 3.11. The third-order valence-electron chi connectivity index (χ3n) is 4.27. The molecule has 0 bridgehead atoms. The van der Waals surface area contributed by atoms with Gasteiger partial charge < -0.3 is 31.5 Å². The highest BCUT2D eigenvalue weighted by Gasteiger charge is 2.38. The zero-order chi connectivity index (χ0) is 20.6. The fourth-order valence-electron chi connectivity index (χ4n) is 2.75. The minimum Gasteiger partial charge on any atom is -0.480 e. The fraction of sp³-hybridized carbons (Fsp3) is 0.750. The molecule has 4 atom stereocenters. The molecule has 0 radical (unpaired) electrons. The van der Waals surface area contributed by atoms with Crippen LogP contribution in [0.3, 0.4) is 0 Å². The Kier molecular flexibility index (Phi) is 9.53. The van der Waals surface area contributed by atoms with Crippen molar-refractivity contribution in [1.82, 2.24) is 15.5 Å². The first-order valence-corrected chi connectivity index (χ1v) is 10.1. The number of nitrogens with zero attached hydrogens (tertiary/aromatic N) is 1. The molecule has 0 saturated carbocycles. The lowest BCUT2D eigenvalue weighted by atomic mass is 10.1. The summed E-state index contributed by atoms with van der Waals surface area (Å²) in [6, 6.07) is -3.85. The van der Waals surface area contributed by atoms with E-state index in [0.717, 1.165) is 0 Å². The summed E-state index contributed by atoms with van der Waals surface area (Å²) in [4.78, 5) is 49.6. The first-order chi connectivity index (χ1) is 12.7. The van der Waals surface area contributed by atoms with E-state index in [9.17, 15) is 19.2 Å². The Morgan fingerprint density at radius 1 is 1.26 bits per heavy atom. The van der Waals surface area contributed by atoms with Crippen LogP contribution in [0.2, 0.25) is 0 Å². The number of rotatable bonds is 10. The average molecular weight is 404 g/mol. The summed E-state index contributed by atoms with van der Waals surface area (Å²) in [5.41, 5.74) is 5.55. The van der Waals surface area contributed by atoms with Crippen LogP contribution in [0.1, 0.15) is 26.2 Å². The van der Waals surface area contributed by atoms with E-state index in [1.54, 1.807) is 0 Å². The Hall–Kier alpha value is -1.85. The smallest absolute Gasteiger partial charge is 0.328 e. The van der Waals surface area contributed by atoms with Crippen molar-refractivity contribution in [3.05, 3.63) is 0 Å². The first-order valence-electron chi connectivity index (χ1n) is 8.72. The molecule has 1 heterocycles. The molecule has 10 nitrogen and oxygen atoms in total. The van der Waals surface area contributed by atoms with E-state index in [0.29, 0.717) is 31.6 Å². The van der Waals surface area contributed by atoms with Crippen LogP contribution in [0.25, 0.3) is 0 Å². The van der Waals surface area contributed by atoms with Gasteiger partial charge in [0.05, 0.1) is 12.6 Å². The molecule has 154 valence electrons. The number of nitrogens with two attached hydrogens (primary N) is 1. The van der Waals surface area contributed by atoms with Gasteiger partial charge in [0.15, 0.2) is 0 Å². The van der Waals surface area contributed by atoms with Crippen molar-refractivity contribution >= 4 is 35.5 Å². The number of hydrogen-bond acceptors (Lipinski definition) is 7. The largest absolute Gasteiger partial charge is 0.480 e. The van der Waals surface area contributed by atoms with E-state index in [1.807, 2.05) is 6.26 Å². The van der Waals surface area contributed by atoms with E-state index in [1.165, 1.54) is 23.6 Å². The van der Waals surface area contributed by atoms with Gasteiger partial charge in [-0.2, -0.15) is 11.8 Å². The topological polar surface area (TPSA) is 162 Å². The molecule has 0 aromatic heterocycles. The Morgan fingerprint density at radius 2 is 1.93 bits per heavy atom. The lowest BCUT2D eigenvalue weighted by molar-refractivity contribution is -0.145. The lowest BCUT2D eigenvalue weighted by Crippen LogP contribution is -2.57. The van der Waals surface area contributed by atoms with Gasteiger partial charge in [0.2, 0.25) is 17.7 Å². The number of aliphatic hydroxyl groups excluding tert-OH is 1. The minimum atomic E-state index is -1.43. The van der Waals surface area contributed by atoms with Gasteiger partial charge in [0.1, 0.15) is 18.1 Å². The molecule has 27 heavy (non-hydrogen) atoms. The summed E-state index contributed by atoms with van der Waals surface area (Å²) < 4.78 is 0. The van der Waals surface area contributed by atoms with E-state index in [-0.39, 0.29) is 0 Å². The van der Waals surface area contributed by atoms with Gasteiger partial charge in [-0.05, 0) is 38.2 Å². The van der Waals surface area contributed by atoms with Crippen LogP contribution in [-0.4, -0.2) is 88.1 Å². The molecule has 1 fully saturated rings. The Labute approximate surface area is 162 Å². The Bertz CT molecular complexity index is 559. The second-order valence-electron chi connectivity index (χ2n) is 6.40. The van der Waals surface area contributed by atoms with Crippen LogP contribution in [0.4, 0.5) is 0 Å². The summed E-state index contributed by atoms with van der Waals surface area (Å²) >= 11 is 1.52. The molecule has 1 saturated heterocycles. The molecule has 0 aromatic rings. The highest BCUT2D eigenvalue weighted by atomic mass is 32.2. The molecule has 4 unspecified atom stereocenters. The highest BCUT2D eigenvalue weighted by molar-refractivity contribution is 7.98. The number of thioether (sulfide) groups is 1. The zero-order valence-corrected chi connectivity index (χ0v) is 16.3. The minimum absolute atomic E-state index is 0.331. The monoisotopic (exact) mass is 404 g/mol. The third kappa shape index (κ3) is 6.67. The van der Waals surface area contributed by atoms with E-state index in [2.05, 4.69) is 10.6 Å². The fourth-order valence-corrected chi connectivity index (χ4v) is 3.22. The van der Waals surface area contributed by atoms with E-state index < -0.39 is 54.5 Å². The van der Waals surface area contributed by atoms with Gasteiger partial charge in [0, 0.05) is 6.54 Å². The predicted octanol–water partition coefficient (Wildman–Crippen LogP) is -1.88. The molecule has 1 aliphatic rings. The molecule has 6 N–H and O–H groups in total. The van der Waals surface area contributed by atoms with Crippen LogP contribution < -0.4 is 16.4 Å². The Morgan fingerprint density at radius 3 is 2.44 bits per heavy atom. The van der Waals surface area contributed by atoms with E-state index >= 15 is 0 Å². The maximum Gasteiger partial charge on any atom is 0.328 e. The van der Waals surface area contributed by atoms with Crippen LogP contribution in [0, 0.1) is 0 Å². The summed E-state index contributed by atoms with van der Waals surface area (Å²) in [5, 5.41) is 22.9. The van der Waals surface area contributed by atoms with Gasteiger partial charge in [-0.3, -0.25) is 14.4 Å². The summed E-state index contributed by atoms with van der Waals surface area (Å²) in [7, 11) is 0. The molecule has 0 aliphatic carbocycles. The number of aliphatic carboxylic acids is 1. The highest BCUT2D eigenvalue weighted by Crippen LogP contribution is 2.20. The number of carboxylic acid groups (broad SMARTS) is 1. The quantitative estimate of drug-likeness (QED) is 0.283. The van der Waals surface area contributed by atoms with Crippen molar-refractivity contribution < 1.29 is 29.4 Å². The number of hydrogen-bond donors (Lipinski definition) is 5. The SMILES string of the molecule is CSCCC(NC(=O)C(C)N)C(=O)N1CCCC1C(=O)NC(CO)C(=O)O. The lowest BCUT2D eigenvalue weighted by Gasteiger charge is -2.29. The molecular weight excluding hydrogens is 376 g/mol. The van der Waals surface area contributed by atoms with Crippen LogP contribution in [0.15, 0.2) is 0 Å². The van der Waals surface area contributed by atoms with Crippen molar-refractivity contribution in [3.8, 4) is 0 Å². The second-order valence-corrected chi connectivity index (χ2v) is 7.39. The molecule has 3 amide bonds. The van der Waals surface area contributed by atoms with Gasteiger partial charge in [-0.1, -0.05) is 0 Å². The Balaban J connectivity index is 2.87. The van der Waals surface area contributed by atoms with Crippen molar-refractivity contribution in [3.63, 3.8) is 0 Å². The third-order valence-corrected chi connectivity index (χ3v) is 4.92. The summed E-state index contributed by atoms with van der Waals surface area (Å²) in [5.74, 6) is -2.22. The molecule has 1 rings (SSSR count). The number of carbonyl (C=O) groups is 4. The second kappa shape index (κ2) is 11.1. The maximum atomic E-state index is 12.9. The summed E-state index contributed by atoms with van der Waals surface area (Å²) in [6.45, 7) is 1.10. The molecule has 0 spiro atoms. The van der Waals surface area contributed by atoms with E-state index in [4.69, 9.17) is 15.9 Å². The van der Waals surface area contributed by atoms with Gasteiger partial charge in [0.25, 0.3) is 0 Å². The molecule has 1 aliphatic heterocycles. The van der Waals surface area contributed by atoms with Crippen molar-refractivity contribution in [1.29, 1.82) is 0 Å². The van der Waals surface area contributed by atoms with Gasteiger partial charge >= 0.3 is 5.97 Å². The predicted molar refractivity (Wildman–Crippen MR) is 100.0 cm³/mol. The van der Waals surface area contributed by atoms with Gasteiger partial charge in [-0.15, -0.1) is 0 Å². The molecule has 0 aromatic carbocycles. The standard InChI is InChI=1S/C16H28N4O6S/c1-9(17)13(22)18-10(5-7-27-2)15(24)20-6-3-4-12(20)14(23)19-11(8-21)16(25)26/h9-12,21H,3-8,17H2,1-2H3,(H,18,22)(H,19,23)(H,25,26). The summed E-state index contributed by atoms with van der Waals surface area (Å²) in [6.07, 6.45) is 3.22. The molecular formula is C16H28N4O6S. The van der Waals surface area contributed by atoms with Crippen LogP contribution >= 0.6 is 11.8 Å². The number of aliphatic hydroxyl groups is 1. The van der Waals surface area contributed by atoms with Crippen LogP contribution in [0.5, 0.6) is 0 Å². The van der Waals surface area contributed by atoms with Crippen molar-refractivity contribution in [2.45, 2.75) is 50.4 Å². The van der Waals surface area contributed by atoms with Crippen molar-refractivity contribution in [2.75, 3.05) is 25.2 Å². The number of likely N-dealkylation sites (tertiary alicyclic amines) is 1. The van der Waals surface area contributed by atoms with Crippen LogP contribution in [-0.2, 0) is 19.2 Å². The number of carbonyl (C=O) groups excluding carboxylic acids is 3.